The van der Waals surface area contributed by atoms with Gasteiger partial charge in [0.05, 0.1) is 6.10 Å². The van der Waals surface area contributed by atoms with Gasteiger partial charge in [-0.2, -0.15) is 11.8 Å². The molecular formula is C14H20FNOS. The Labute approximate surface area is 112 Å². The van der Waals surface area contributed by atoms with Crippen LogP contribution < -0.4 is 4.90 Å². The van der Waals surface area contributed by atoms with Crippen LogP contribution in [0, 0.1) is 12.7 Å². The van der Waals surface area contributed by atoms with Gasteiger partial charge in [-0.3, -0.25) is 0 Å². The minimum Gasteiger partial charge on any atom is -0.389 e. The number of anilines is 1. The van der Waals surface area contributed by atoms with Gasteiger partial charge in [-0.25, -0.2) is 4.39 Å². The molecule has 0 bridgehead atoms. The summed E-state index contributed by atoms with van der Waals surface area (Å²) in [6.07, 6.45) is -0.642. The molecule has 1 heterocycles. The molecule has 0 saturated carbocycles. The second-order valence-electron chi connectivity index (χ2n) is 4.95. The van der Waals surface area contributed by atoms with Gasteiger partial charge in [0, 0.05) is 35.3 Å². The van der Waals surface area contributed by atoms with E-state index in [1.54, 1.807) is 13.8 Å². The summed E-state index contributed by atoms with van der Waals surface area (Å²) in [6, 6.07) is 3.76. The van der Waals surface area contributed by atoms with E-state index >= 15 is 0 Å². The zero-order valence-electron chi connectivity index (χ0n) is 11.1. The van der Waals surface area contributed by atoms with Crippen LogP contribution in [0.1, 0.15) is 31.1 Å². The maximum absolute atomic E-state index is 13.7. The lowest BCUT2D eigenvalue weighted by atomic mass is 10.0. The molecule has 1 aromatic carbocycles. The summed E-state index contributed by atoms with van der Waals surface area (Å²) in [5, 5.41) is 9.84. The highest BCUT2D eigenvalue weighted by Crippen LogP contribution is 2.32. The van der Waals surface area contributed by atoms with E-state index in [4.69, 9.17) is 0 Å². The quantitative estimate of drug-likeness (QED) is 0.892. The van der Waals surface area contributed by atoms with Crippen LogP contribution in [0.15, 0.2) is 12.1 Å². The van der Waals surface area contributed by atoms with Gasteiger partial charge in [0.25, 0.3) is 0 Å². The molecule has 2 nitrogen and oxygen atoms in total. The van der Waals surface area contributed by atoms with Crippen molar-refractivity contribution in [2.45, 2.75) is 32.9 Å². The summed E-state index contributed by atoms with van der Waals surface area (Å²) in [5.41, 5.74) is 2.31. The highest BCUT2D eigenvalue weighted by atomic mass is 32.2. The van der Waals surface area contributed by atoms with Gasteiger partial charge in [0.15, 0.2) is 0 Å². The van der Waals surface area contributed by atoms with E-state index in [9.17, 15) is 9.50 Å². The Bertz CT molecular complexity index is 436. The van der Waals surface area contributed by atoms with E-state index in [0.717, 1.165) is 23.7 Å². The van der Waals surface area contributed by atoms with Gasteiger partial charge in [-0.15, -0.1) is 0 Å². The van der Waals surface area contributed by atoms with Crippen LogP contribution >= 0.6 is 11.8 Å². The first-order valence-corrected chi connectivity index (χ1v) is 7.48. The fourth-order valence-corrected chi connectivity index (χ4v) is 3.36. The number of hydrogen-bond acceptors (Lipinski definition) is 3. The Morgan fingerprint density at radius 2 is 2.22 bits per heavy atom. The van der Waals surface area contributed by atoms with Gasteiger partial charge >= 0.3 is 0 Å². The summed E-state index contributed by atoms with van der Waals surface area (Å²) in [6.45, 7) is 6.60. The number of rotatable bonds is 2. The molecule has 2 rings (SSSR count). The van der Waals surface area contributed by atoms with Crippen molar-refractivity contribution in [2.24, 2.45) is 0 Å². The van der Waals surface area contributed by atoms with Crippen molar-refractivity contribution in [3.63, 3.8) is 0 Å². The molecule has 0 aromatic heterocycles. The summed E-state index contributed by atoms with van der Waals surface area (Å²) in [4.78, 5) is 2.28. The number of nitrogens with zero attached hydrogens (tertiary/aromatic N) is 1. The lowest BCUT2D eigenvalue weighted by molar-refractivity contribution is 0.199. The number of benzene rings is 1. The molecule has 1 aromatic rings. The van der Waals surface area contributed by atoms with Crippen LogP contribution in [0.2, 0.25) is 0 Å². The average Bonchev–Trinajstić information content (AvgIpc) is 2.32. The molecule has 1 fully saturated rings. The molecule has 0 radical (unpaired) electrons. The highest BCUT2D eigenvalue weighted by molar-refractivity contribution is 7.99. The third-order valence-electron chi connectivity index (χ3n) is 3.44. The Balaban J connectivity index is 2.44. The molecule has 4 heteroatoms. The Morgan fingerprint density at radius 1 is 1.50 bits per heavy atom. The summed E-state index contributed by atoms with van der Waals surface area (Å²) in [7, 11) is 0. The summed E-state index contributed by atoms with van der Waals surface area (Å²) in [5.74, 6) is 1.92. The topological polar surface area (TPSA) is 23.5 Å². The van der Waals surface area contributed by atoms with Gasteiger partial charge in [-0.1, -0.05) is 0 Å². The van der Waals surface area contributed by atoms with Gasteiger partial charge in [0.2, 0.25) is 0 Å². The second-order valence-corrected chi connectivity index (χ2v) is 6.10. The monoisotopic (exact) mass is 269 g/mol. The van der Waals surface area contributed by atoms with Crippen molar-refractivity contribution in [1.82, 2.24) is 0 Å². The Kier molecular flexibility index (Phi) is 4.17. The zero-order valence-corrected chi connectivity index (χ0v) is 11.9. The fraction of sp³-hybridized carbons (Fsp3) is 0.571. The van der Waals surface area contributed by atoms with E-state index in [1.165, 1.54) is 6.07 Å². The maximum Gasteiger partial charge on any atom is 0.126 e. The van der Waals surface area contributed by atoms with Crippen LogP contribution in [-0.4, -0.2) is 29.2 Å². The number of aliphatic hydroxyl groups excluding tert-OH is 1. The van der Waals surface area contributed by atoms with E-state index in [-0.39, 0.29) is 5.82 Å². The maximum atomic E-state index is 13.7. The molecule has 18 heavy (non-hydrogen) atoms. The van der Waals surface area contributed by atoms with Crippen LogP contribution in [0.3, 0.4) is 0 Å². The van der Waals surface area contributed by atoms with E-state index in [2.05, 4.69) is 11.8 Å². The predicted octanol–water partition coefficient (Wildman–Crippen LogP) is 3.13. The van der Waals surface area contributed by atoms with E-state index in [1.807, 2.05) is 17.8 Å². The second kappa shape index (κ2) is 5.49. The van der Waals surface area contributed by atoms with E-state index < -0.39 is 6.10 Å². The molecule has 1 N–H and O–H groups in total. The number of halogens is 1. The lowest BCUT2D eigenvalue weighted by Gasteiger charge is -2.37. The Morgan fingerprint density at radius 3 is 2.83 bits per heavy atom. The zero-order chi connectivity index (χ0) is 13.3. The molecule has 100 valence electrons. The van der Waals surface area contributed by atoms with Crippen molar-refractivity contribution >= 4 is 17.4 Å². The number of thioether (sulfide) groups is 1. The van der Waals surface area contributed by atoms with Crippen LogP contribution in [0.25, 0.3) is 0 Å². The predicted molar refractivity (Wildman–Crippen MR) is 75.9 cm³/mol. The normalized spacial score (nSPS) is 22.1. The third-order valence-corrected chi connectivity index (χ3v) is 4.62. The van der Waals surface area contributed by atoms with Crippen LogP contribution in [-0.2, 0) is 0 Å². The minimum absolute atomic E-state index is 0.242. The standard InChI is InChI=1S/C14H20FNOS/c1-9-6-14(12(11(3)17)7-13(9)15)16-4-5-18-8-10(16)2/h6-7,10-11,17H,4-5,8H2,1-3H3/t10?,11-/m1/s1. The molecule has 0 aliphatic carbocycles. The van der Waals surface area contributed by atoms with Gasteiger partial charge in [-0.05, 0) is 38.5 Å². The van der Waals surface area contributed by atoms with Crippen molar-refractivity contribution < 1.29 is 9.50 Å². The summed E-state index contributed by atoms with van der Waals surface area (Å²) < 4.78 is 13.7. The van der Waals surface area contributed by atoms with Gasteiger partial charge in [0.1, 0.15) is 5.82 Å². The summed E-state index contributed by atoms with van der Waals surface area (Å²) >= 11 is 1.94. The van der Waals surface area contributed by atoms with Gasteiger partial charge < -0.3 is 10.0 Å². The molecular weight excluding hydrogens is 249 g/mol. The average molecular weight is 269 g/mol. The molecule has 1 aliphatic heterocycles. The van der Waals surface area contributed by atoms with Crippen molar-refractivity contribution in [1.29, 1.82) is 0 Å². The number of hydrogen-bond donors (Lipinski definition) is 1. The molecule has 1 unspecified atom stereocenters. The smallest absolute Gasteiger partial charge is 0.126 e. The molecule has 1 saturated heterocycles. The van der Waals surface area contributed by atoms with Crippen LogP contribution in [0.4, 0.5) is 10.1 Å². The first-order chi connectivity index (χ1) is 8.50. The Hall–Kier alpha value is -0.740. The first-order valence-electron chi connectivity index (χ1n) is 6.33. The first kappa shape index (κ1) is 13.7. The fourth-order valence-electron chi connectivity index (χ4n) is 2.35. The molecule has 2 atom stereocenters. The third kappa shape index (κ3) is 2.64. The lowest BCUT2D eigenvalue weighted by Crippen LogP contribution is -2.41. The number of aliphatic hydroxyl groups is 1. The van der Waals surface area contributed by atoms with E-state index in [0.29, 0.717) is 17.2 Å². The highest BCUT2D eigenvalue weighted by Gasteiger charge is 2.23. The molecule has 0 amide bonds. The SMILES string of the molecule is Cc1cc(N2CCSCC2C)c([C@@H](C)O)cc1F. The number of aryl methyl sites for hydroxylation is 1. The molecule has 1 aliphatic rings. The minimum atomic E-state index is -0.642. The van der Waals surface area contributed by atoms with Crippen molar-refractivity contribution in [3.05, 3.63) is 29.1 Å². The van der Waals surface area contributed by atoms with Crippen LogP contribution in [0.5, 0.6) is 0 Å². The molecule has 0 spiro atoms. The largest absolute Gasteiger partial charge is 0.389 e. The van der Waals surface area contributed by atoms with Crippen molar-refractivity contribution in [2.75, 3.05) is 23.0 Å². The van der Waals surface area contributed by atoms with Crippen molar-refractivity contribution in [3.8, 4) is 0 Å².